The van der Waals surface area contributed by atoms with Crippen LogP contribution >= 0.6 is 0 Å². The molecule has 0 N–H and O–H groups in total. The number of furan rings is 1. The van der Waals surface area contributed by atoms with Gasteiger partial charge in [0.05, 0.1) is 0 Å². The molecule has 2 aromatic heterocycles. The number of fused-ring (bicyclic) bond motifs is 6. The number of hydrogen-bond donors (Lipinski definition) is 0. The molecule has 0 saturated heterocycles. The number of aromatic nitrogens is 3. The number of hydrogen-bond acceptors (Lipinski definition) is 4. The van der Waals surface area contributed by atoms with E-state index >= 15 is 0 Å². The third kappa shape index (κ3) is 6.42. The zero-order valence-electron chi connectivity index (χ0n) is 35.5. The van der Waals surface area contributed by atoms with E-state index < -0.39 is 0 Å². The van der Waals surface area contributed by atoms with Crippen LogP contribution < -0.4 is 0 Å². The van der Waals surface area contributed by atoms with Crippen molar-refractivity contribution in [2.75, 3.05) is 0 Å². The molecule has 12 rings (SSSR count). The molecule has 0 aliphatic heterocycles. The first-order valence-electron chi connectivity index (χ1n) is 21.8. The first-order chi connectivity index (χ1) is 31.4. The molecule has 0 bridgehead atoms. The lowest BCUT2D eigenvalue weighted by atomic mass is 9.82. The molecule has 4 heteroatoms. The smallest absolute Gasteiger partial charge is 0.164 e. The molecule has 4 nitrogen and oxygen atoms in total. The normalized spacial score (nSPS) is 12.7. The summed E-state index contributed by atoms with van der Waals surface area (Å²) >= 11 is 0. The summed E-state index contributed by atoms with van der Waals surface area (Å²) in [6.07, 6.45) is 0. The summed E-state index contributed by atoms with van der Waals surface area (Å²) in [6, 6.07) is 74.9. The Hall–Kier alpha value is -8.21. The van der Waals surface area contributed by atoms with Gasteiger partial charge in [0.25, 0.3) is 0 Å². The van der Waals surface area contributed by atoms with E-state index in [0.29, 0.717) is 17.5 Å². The maximum absolute atomic E-state index is 6.59. The highest BCUT2D eigenvalue weighted by Crippen LogP contribution is 2.49. The van der Waals surface area contributed by atoms with Crippen molar-refractivity contribution >= 4 is 21.9 Å². The minimum atomic E-state index is -0.0963. The number of benzene rings is 9. The Bertz CT molecular complexity index is 3570. The van der Waals surface area contributed by atoms with Crippen molar-refractivity contribution in [2.45, 2.75) is 19.3 Å². The number of nitrogens with zero attached hydrogens (tertiary/aromatic N) is 3. The highest BCUT2D eigenvalue weighted by molar-refractivity contribution is 6.13. The fraction of sp³-hybridized carbons (Fsp3) is 0.0500. The zero-order valence-corrected chi connectivity index (χ0v) is 35.5. The third-order valence-corrected chi connectivity index (χ3v) is 13.0. The van der Waals surface area contributed by atoms with Gasteiger partial charge in [-0.1, -0.05) is 190 Å². The van der Waals surface area contributed by atoms with Crippen molar-refractivity contribution in [3.63, 3.8) is 0 Å². The Kier molecular flexibility index (Phi) is 8.80. The average molecular weight is 820 g/mol. The molecule has 302 valence electrons. The summed E-state index contributed by atoms with van der Waals surface area (Å²) in [5.41, 5.74) is 18.6. The van der Waals surface area contributed by atoms with E-state index in [9.17, 15) is 0 Å². The van der Waals surface area contributed by atoms with Crippen molar-refractivity contribution < 1.29 is 4.42 Å². The molecule has 2 heterocycles. The summed E-state index contributed by atoms with van der Waals surface area (Å²) in [6.45, 7) is 4.61. The van der Waals surface area contributed by atoms with Crippen molar-refractivity contribution in [1.82, 2.24) is 15.0 Å². The molecule has 11 aromatic rings. The molecule has 0 unspecified atom stereocenters. The summed E-state index contributed by atoms with van der Waals surface area (Å²) < 4.78 is 6.59. The largest absolute Gasteiger partial charge is 0.456 e. The molecule has 1 aliphatic carbocycles. The molecule has 0 amide bonds. The van der Waals surface area contributed by atoms with Crippen LogP contribution in [0, 0.1) is 0 Å². The van der Waals surface area contributed by atoms with Crippen LogP contribution in [0.25, 0.3) is 112 Å². The lowest BCUT2D eigenvalue weighted by molar-refractivity contribution is 0.660. The maximum atomic E-state index is 6.59. The van der Waals surface area contributed by atoms with Gasteiger partial charge in [-0.05, 0) is 103 Å². The Morgan fingerprint density at radius 3 is 1.45 bits per heavy atom. The summed E-state index contributed by atoms with van der Waals surface area (Å²) in [7, 11) is 0. The van der Waals surface area contributed by atoms with Gasteiger partial charge in [0.2, 0.25) is 0 Å². The average Bonchev–Trinajstić information content (AvgIpc) is 3.85. The molecule has 1 aliphatic rings. The molecule has 0 saturated carbocycles. The van der Waals surface area contributed by atoms with E-state index in [1.54, 1.807) is 0 Å². The van der Waals surface area contributed by atoms with Crippen molar-refractivity contribution in [3.05, 3.63) is 223 Å². The van der Waals surface area contributed by atoms with Gasteiger partial charge in [0.15, 0.2) is 17.5 Å². The fourth-order valence-corrected chi connectivity index (χ4v) is 9.65. The Balaban J connectivity index is 0.947. The lowest BCUT2D eigenvalue weighted by Crippen LogP contribution is -2.14. The van der Waals surface area contributed by atoms with Gasteiger partial charge in [-0.2, -0.15) is 0 Å². The van der Waals surface area contributed by atoms with Gasteiger partial charge in [-0.25, -0.2) is 15.0 Å². The van der Waals surface area contributed by atoms with Crippen molar-refractivity contribution in [2.24, 2.45) is 0 Å². The van der Waals surface area contributed by atoms with Crippen LogP contribution in [0.1, 0.15) is 25.0 Å². The van der Waals surface area contributed by atoms with Crippen LogP contribution in [0.15, 0.2) is 217 Å². The van der Waals surface area contributed by atoms with Crippen LogP contribution in [0.4, 0.5) is 0 Å². The van der Waals surface area contributed by atoms with E-state index in [4.69, 9.17) is 19.4 Å². The summed E-state index contributed by atoms with van der Waals surface area (Å²) in [5.74, 6) is 1.87. The zero-order chi connectivity index (χ0) is 42.8. The van der Waals surface area contributed by atoms with E-state index in [1.807, 2.05) is 12.1 Å². The van der Waals surface area contributed by atoms with E-state index in [0.717, 1.165) is 72.0 Å². The fourth-order valence-electron chi connectivity index (χ4n) is 9.65. The molecule has 0 atom stereocenters. The highest BCUT2D eigenvalue weighted by Gasteiger charge is 2.35. The molecule has 64 heavy (non-hydrogen) atoms. The Morgan fingerprint density at radius 1 is 0.312 bits per heavy atom. The van der Waals surface area contributed by atoms with Gasteiger partial charge < -0.3 is 4.42 Å². The van der Waals surface area contributed by atoms with E-state index in [-0.39, 0.29) is 5.41 Å². The van der Waals surface area contributed by atoms with Gasteiger partial charge in [-0.3, -0.25) is 0 Å². The van der Waals surface area contributed by atoms with Crippen LogP contribution in [-0.4, -0.2) is 15.0 Å². The third-order valence-electron chi connectivity index (χ3n) is 13.0. The van der Waals surface area contributed by atoms with E-state index in [1.165, 1.54) is 33.4 Å². The van der Waals surface area contributed by atoms with Crippen LogP contribution in [0.3, 0.4) is 0 Å². The van der Waals surface area contributed by atoms with E-state index in [2.05, 4.69) is 214 Å². The molecular formula is C60H41N3O. The predicted molar refractivity (Wildman–Crippen MR) is 263 cm³/mol. The van der Waals surface area contributed by atoms with Crippen LogP contribution in [0.5, 0.6) is 0 Å². The Labute approximate surface area is 372 Å². The summed E-state index contributed by atoms with van der Waals surface area (Å²) in [5, 5.41) is 2.20. The second-order valence-electron chi connectivity index (χ2n) is 17.2. The highest BCUT2D eigenvalue weighted by atomic mass is 16.3. The van der Waals surface area contributed by atoms with Gasteiger partial charge in [-0.15, -0.1) is 0 Å². The molecule has 0 radical (unpaired) electrons. The van der Waals surface area contributed by atoms with Crippen molar-refractivity contribution in [1.29, 1.82) is 0 Å². The predicted octanol–water partition coefficient (Wildman–Crippen LogP) is 15.7. The minimum absolute atomic E-state index is 0.0963. The monoisotopic (exact) mass is 819 g/mol. The molecule has 0 fully saturated rings. The van der Waals surface area contributed by atoms with Gasteiger partial charge in [0.1, 0.15) is 11.2 Å². The van der Waals surface area contributed by atoms with Crippen LogP contribution in [0.2, 0.25) is 0 Å². The first-order valence-corrected chi connectivity index (χ1v) is 21.8. The van der Waals surface area contributed by atoms with Crippen molar-refractivity contribution in [3.8, 4) is 89.8 Å². The van der Waals surface area contributed by atoms with Gasteiger partial charge >= 0.3 is 0 Å². The topological polar surface area (TPSA) is 51.8 Å². The quantitative estimate of drug-likeness (QED) is 0.161. The van der Waals surface area contributed by atoms with Gasteiger partial charge in [0, 0.05) is 32.9 Å². The Morgan fingerprint density at radius 2 is 0.766 bits per heavy atom. The molecule has 9 aromatic carbocycles. The summed E-state index contributed by atoms with van der Waals surface area (Å²) in [4.78, 5) is 15.6. The second kappa shape index (κ2) is 15.0. The lowest BCUT2D eigenvalue weighted by Gasteiger charge is -2.21. The minimum Gasteiger partial charge on any atom is -0.456 e. The first kappa shape index (κ1) is 37.5. The number of rotatable bonds is 7. The SMILES string of the molecule is CC1(C)c2ccccc2-c2cc(-c3nc(-c4cccc(-c5ccccc5)c4)nc(-c4cccc(-c5ccc6c(c5)oc5cccc(-c7ccc(-c8ccccc8)cc7)c56)c4)n3)ccc21. The standard InChI is InChI=1S/C60H41N3O/c1-60(2)52-24-10-9-22-49(52)51-36-47(31-33-53(51)60)59-62-57(45-20-11-18-42(34-45)39-16-7-4-8-17-39)61-58(63-59)46-21-12-19-43(35-46)44-30-32-50-55(37-44)64-54-25-13-23-48(56(50)54)41-28-26-40(27-29-41)38-14-5-3-6-15-38/h3-37H,1-2H3. The molecular weight excluding hydrogens is 779 g/mol. The molecule has 0 spiro atoms. The maximum Gasteiger partial charge on any atom is 0.164 e. The second-order valence-corrected chi connectivity index (χ2v) is 17.2. The van der Waals surface area contributed by atoms with Crippen LogP contribution in [-0.2, 0) is 5.41 Å².